The van der Waals surface area contributed by atoms with Gasteiger partial charge in [0.15, 0.2) is 0 Å². The molecule has 2 aromatic rings. The molecule has 2 aliphatic heterocycles. The van der Waals surface area contributed by atoms with Crippen molar-refractivity contribution >= 4 is 12.4 Å². The summed E-state index contributed by atoms with van der Waals surface area (Å²) in [5, 5.41) is 8.82. The fourth-order valence-corrected chi connectivity index (χ4v) is 4.56. The Morgan fingerprint density at radius 2 is 2.04 bits per heavy atom. The highest BCUT2D eigenvalue weighted by molar-refractivity contribution is 5.65. The summed E-state index contributed by atoms with van der Waals surface area (Å²) in [7, 11) is 2.16. The van der Waals surface area contributed by atoms with Crippen molar-refractivity contribution in [2.24, 2.45) is 4.99 Å². The zero-order valence-electron chi connectivity index (χ0n) is 16.6. The molecule has 27 heavy (non-hydrogen) atoms. The van der Waals surface area contributed by atoms with Gasteiger partial charge in [0.2, 0.25) is 0 Å². The van der Waals surface area contributed by atoms with Gasteiger partial charge in [0.25, 0.3) is 0 Å². The molecule has 1 atom stereocenters. The number of aromatic nitrogens is 3. The first kappa shape index (κ1) is 18.2. The predicted molar refractivity (Wildman–Crippen MR) is 110 cm³/mol. The molecule has 0 saturated carbocycles. The summed E-state index contributed by atoms with van der Waals surface area (Å²) in [5.74, 6) is 0. The fraction of sp³-hybridized carbons (Fsp3) is 0.571. The van der Waals surface area contributed by atoms with Gasteiger partial charge in [0.05, 0.1) is 17.6 Å². The molecule has 1 saturated heterocycles. The number of likely N-dealkylation sites (N-methyl/N-ethyl adjacent to an activating group) is 1. The molecule has 0 aliphatic carbocycles. The van der Waals surface area contributed by atoms with E-state index < -0.39 is 0 Å². The van der Waals surface area contributed by atoms with Crippen molar-refractivity contribution in [1.82, 2.24) is 19.9 Å². The Morgan fingerprint density at radius 1 is 1.22 bits per heavy atom. The molecule has 0 bridgehead atoms. The number of likely N-dealkylation sites (tertiary alicyclic amines) is 1. The van der Waals surface area contributed by atoms with Crippen LogP contribution in [0.4, 0.5) is 5.69 Å². The molecule has 1 fully saturated rings. The lowest BCUT2D eigenvalue weighted by Gasteiger charge is -2.25. The Labute approximate surface area is 161 Å². The molecule has 1 aromatic carbocycles. The second-order valence-corrected chi connectivity index (χ2v) is 8.31. The number of hydrogen-bond acceptors (Lipinski definition) is 5. The van der Waals surface area contributed by atoms with Crippen LogP contribution >= 0.6 is 0 Å². The first-order valence-electron chi connectivity index (χ1n) is 10.0. The van der Waals surface area contributed by atoms with E-state index >= 15 is 0 Å². The Bertz CT molecular complexity index is 807. The van der Waals surface area contributed by atoms with E-state index in [1.54, 1.807) is 0 Å². The minimum atomic E-state index is 0.0957. The van der Waals surface area contributed by atoms with Crippen LogP contribution in [0.1, 0.15) is 43.9 Å². The number of fused-ring (bicyclic) bond motifs is 1. The molecule has 0 radical (unpaired) electrons. The number of nitrogens with zero attached hydrogens (tertiary/aromatic N) is 6. The van der Waals surface area contributed by atoms with E-state index in [1.165, 1.54) is 43.6 Å². The highest BCUT2D eigenvalue weighted by Crippen LogP contribution is 2.42. The summed E-state index contributed by atoms with van der Waals surface area (Å²) >= 11 is 0. The van der Waals surface area contributed by atoms with Crippen LogP contribution in [0.3, 0.4) is 0 Å². The smallest absolute Gasteiger partial charge is 0.0971 e. The predicted octanol–water partition coefficient (Wildman–Crippen LogP) is 3.05. The minimum absolute atomic E-state index is 0.0957. The highest BCUT2D eigenvalue weighted by Gasteiger charge is 2.37. The molecular weight excluding hydrogens is 336 g/mol. The molecule has 2 aliphatic rings. The van der Waals surface area contributed by atoms with E-state index in [9.17, 15) is 0 Å². The lowest BCUT2D eigenvalue weighted by Crippen LogP contribution is -2.29. The van der Waals surface area contributed by atoms with Gasteiger partial charge >= 0.3 is 0 Å². The average molecular weight is 367 g/mol. The number of hydrogen-bond donors (Lipinski definition) is 0. The maximum Gasteiger partial charge on any atom is 0.0971 e. The summed E-state index contributed by atoms with van der Waals surface area (Å²) in [4.78, 5) is 8.90. The topological polar surface area (TPSA) is 49.6 Å². The third-order valence-electron chi connectivity index (χ3n) is 6.09. The standard InChI is InChI=1S/C21H30N6/c1-21(9-10-22-2)16-25(3)20-8-7-18(13-19(20)21)27-15-17(23-24-27)14-26-11-5-4-6-12-26/h7-8,13,15H,2,4-6,9-12,14,16H2,1,3H3/t21-/m1/s1. The molecule has 0 amide bonds. The van der Waals surface area contributed by atoms with E-state index in [2.05, 4.69) is 70.2 Å². The van der Waals surface area contributed by atoms with Crippen LogP contribution in [0.15, 0.2) is 29.4 Å². The van der Waals surface area contributed by atoms with Crippen LogP contribution < -0.4 is 4.90 Å². The summed E-state index contributed by atoms with van der Waals surface area (Å²) in [6.07, 6.45) is 7.04. The third-order valence-corrected chi connectivity index (χ3v) is 6.09. The fourth-order valence-electron chi connectivity index (χ4n) is 4.56. The normalized spacial score (nSPS) is 22.8. The van der Waals surface area contributed by atoms with Crippen molar-refractivity contribution in [3.8, 4) is 5.69 Å². The van der Waals surface area contributed by atoms with Crippen LogP contribution in [-0.2, 0) is 12.0 Å². The van der Waals surface area contributed by atoms with E-state index in [4.69, 9.17) is 0 Å². The van der Waals surface area contributed by atoms with Gasteiger partial charge in [-0.1, -0.05) is 18.6 Å². The van der Waals surface area contributed by atoms with Crippen LogP contribution in [0.25, 0.3) is 5.69 Å². The van der Waals surface area contributed by atoms with Crippen molar-refractivity contribution in [2.75, 3.05) is 38.1 Å². The van der Waals surface area contributed by atoms with Crippen LogP contribution in [0.5, 0.6) is 0 Å². The summed E-state index contributed by atoms with van der Waals surface area (Å²) < 4.78 is 1.92. The molecule has 0 N–H and O–H groups in total. The Hall–Kier alpha value is -2.21. The second kappa shape index (κ2) is 7.43. The molecule has 0 unspecified atom stereocenters. The zero-order chi connectivity index (χ0) is 18.9. The first-order chi connectivity index (χ1) is 13.1. The number of benzene rings is 1. The van der Waals surface area contributed by atoms with E-state index in [0.717, 1.165) is 37.4 Å². The Kier molecular flexibility index (Phi) is 5.00. The summed E-state index contributed by atoms with van der Waals surface area (Å²) in [5.41, 5.74) is 4.91. The van der Waals surface area contributed by atoms with Crippen LogP contribution in [0, 0.1) is 0 Å². The van der Waals surface area contributed by atoms with Crippen molar-refractivity contribution in [3.63, 3.8) is 0 Å². The maximum atomic E-state index is 4.42. The molecule has 6 heteroatoms. The SMILES string of the molecule is C=NCC[C@]1(C)CN(C)c2ccc(-n3cc(CN4CCCCC4)nn3)cc21. The molecule has 4 rings (SSSR count). The highest BCUT2D eigenvalue weighted by atomic mass is 15.4. The van der Waals surface area contributed by atoms with Gasteiger partial charge in [-0.15, -0.1) is 5.10 Å². The van der Waals surface area contributed by atoms with Gasteiger partial charge in [-0.05, 0) is 62.8 Å². The molecule has 0 spiro atoms. The molecule has 6 nitrogen and oxygen atoms in total. The van der Waals surface area contributed by atoms with Crippen LogP contribution in [0.2, 0.25) is 0 Å². The quantitative estimate of drug-likeness (QED) is 0.738. The van der Waals surface area contributed by atoms with E-state index in [1.807, 2.05) is 4.68 Å². The van der Waals surface area contributed by atoms with Crippen molar-refractivity contribution in [1.29, 1.82) is 0 Å². The van der Waals surface area contributed by atoms with E-state index in [-0.39, 0.29) is 5.41 Å². The first-order valence-corrected chi connectivity index (χ1v) is 10.0. The summed E-state index contributed by atoms with van der Waals surface area (Å²) in [6.45, 7) is 11.0. The minimum Gasteiger partial charge on any atom is -0.373 e. The number of rotatable bonds is 6. The van der Waals surface area contributed by atoms with Gasteiger partial charge in [-0.2, -0.15) is 0 Å². The molecule has 1 aromatic heterocycles. The Morgan fingerprint density at radius 3 is 2.81 bits per heavy atom. The van der Waals surface area contributed by atoms with Crippen molar-refractivity contribution < 1.29 is 0 Å². The van der Waals surface area contributed by atoms with Crippen molar-refractivity contribution in [3.05, 3.63) is 35.7 Å². The average Bonchev–Trinajstić information content (AvgIpc) is 3.24. The largest absolute Gasteiger partial charge is 0.373 e. The number of anilines is 1. The lowest BCUT2D eigenvalue weighted by molar-refractivity contribution is 0.218. The lowest BCUT2D eigenvalue weighted by atomic mass is 9.81. The molecule has 144 valence electrons. The number of aliphatic imine (C=N–C) groups is 1. The summed E-state index contributed by atoms with van der Waals surface area (Å²) in [6, 6.07) is 6.64. The second-order valence-electron chi connectivity index (χ2n) is 8.31. The Balaban J connectivity index is 1.57. The van der Waals surface area contributed by atoms with Gasteiger partial charge < -0.3 is 9.89 Å². The third kappa shape index (κ3) is 3.63. The number of piperidine rings is 1. The van der Waals surface area contributed by atoms with Gasteiger partial charge in [-0.25, -0.2) is 4.68 Å². The van der Waals surface area contributed by atoms with Gasteiger partial charge in [-0.3, -0.25) is 4.90 Å². The maximum absolute atomic E-state index is 4.42. The van der Waals surface area contributed by atoms with Gasteiger partial charge in [0, 0.05) is 37.8 Å². The zero-order valence-corrected chi connectivity index (χ0v) is 16.6. The molecule has 3 heterocycles. The van der Waals surface area contributed by atoms with Crippen LogP contribution in [-0.4, -0.2) is 59.8 Å². The molecular formula is C21H30N6. The van der Waals surface area contributed by atoms with Gasteiger partial charge in [0.1, 0.15) is 0 Å². The van der Waals surface area contributed by atoms with Crippen molar-refractivity contribution in [2.45, 2.75) is 44.6 Å². The van der Waals surface area contributed by atoms with E-state index in [0.29, 0.717) is 0 Å². The monoisotopic (exact) mass is 366 g/mol.